The average Bonchev–Trinajstić information content (AvgIpc) is 2.27. The molecule has 0 atom stereocenters. The Kier molecular flexibility index (Phi) is 6.18. The van der Waals surface area contributed by atoms with Gasteiger partial charge in [-0.3, -0.25) is 14.5 Å². The lowest BCUT2D eigenvalue weighted by atomic mass is 10.1. The van der Waals surface area contributed by atoms with Crippen LogP contribution in [0, 0.1) is 0 Å². The number of hydrogen-bond acceptors (Lipinski definition) is 3. The first kappa shape index (κ1) is 15.9. The largest absolute Gasteiger partial charge is 0.353 e. The molecule has 5 heteroatoms. The van der Waals surface area contributed by atoms with Crippen LogP contribution in [0.25, 0.3) is 0 Å². The number of amides is 1. The molecule has 1 rings (SSSR count). The Labute approximate surface area is 122 Å². The molecule has 1 amide bonds. The number of rotatable bonds is 6. The summed E-state index contributed by atoms with van der Waals surface area (Å²) in [4.78, 5) is 25.4. The van der Waals surface area contributed by atoms with Gasteiger partial charge in [-0.05, 0) is 27.0 Å². The van der Waals surface area contributed by atoms with E-state index in [0.29, 0.717) is 5.56 Å². The van der Waals surface area contributed by atoms with Gasteiger partial charge < -0.3 is 5.32 Å². The summed E-state index contributed by atoms with van der Waals surface area (Å²) in [6, 6.07) is 7.40. The number of nitrogens with one attached hydrogen (secondary N) is 1. The fourth-order valence-corrected chi connectivity index (χ4v) is 2.19. The summed E-state index contributed by atoms with van der Waals surface area (Å²) in [5.74, 6) is -0.0789. The van der Waals surface area contributed by atoms with Gasteiger partial charge in [0, 0.05) is 16.1 Å². The van der Waals surface area contributed by atoms with Crippen molar-refractivity contribution in [2.75, 3.05) is 20.1 Å². The van der Waals surface area contributed by atoms with E-state index in [-0.39, 0.29) is 30.8 Å². The van der Waals surface area contributed by atoms with Crippen molar-refractivity contribution in [3.8, 4) is 0 Å². The smallest absolute Gasteiger partial charge is 0.234 e. The zero-order valence-electron chi connectivity index (χ0n) is 11.4. The second-order valence-corrected chi connectivity index (χ2v) is 5.65. The number of halogens is 1. The highest BCUT2D eigenvalue weighted by molar-refractivity contribution is 9.10. The SMILES string of the molecule is CC(C)NC(=O)CN(C)CC(=O)c1ccccc1Br. The highest BCUT2D eigenvalue weighted by Crippen LogP contribution is 2.16. The molecule has 0 fully saturated rings. The number of Topliss-reactive ketones (excluding diaryl/α,β-unsaturated/α-hetero) is 1. The molecule has 0 aliphatic carbocycles. The van der Waals surface area contributed by atoms with Crippen LogP contribution in [-0.4, -0.2) is 42.8 Å². The zero-order chi connectivity index (χ0) is 14.4. The van der Waals surface area contributed by atoms with Crippen LogP contribution in [0.1, 0.15) is 24.2 Å². The van der Waals surface area contributed by atoms with E-state index in [1.54, 1.807) is 18.0 Å². The summed E-state index contributed by atoms with van der Waals surface area (Å²) in [7, 11) is 1.76. The molecule has 0 aliphatic heterocycles. The monoisotopic (exact) mass is 326 g/mol. The molecular weight excluding hydrogens is 308 g/mol. The summed E-state index contributed by atoms with van der Waals surface area (Å²) in [5.41, 5.74) is 0.638. The first-order chi connectivity index (χ1) is 8.90. The van der Waals surface area contributed by atoms with Gasteiger partial charge in [0.15, 0.2) is 5.78 Å². The molecule has 4 nitrogen and oxygen atoms in total. The third kappa shape index (κ3) is 5.53. The quantitative estimate of drug-likeness (QED) is 0.814. The van der Waals surface area contributed by atoms with E-state index in [4.69, 9.17) is 0 Å². The highest BCUT2D eigenvalue weighted by atomic mass is 79.9. The summed E-state index contributed by atoms with van der Waals surface area (Å²) < 4.78 is 0.778. The highest BCUT2D eigenvalue weighted by Gasteiger charge is 2.14. The molecule has 104 valence electrons. The van der Waals surface area contributed by atoms with E-state index in [9.17, 15) is 9.59 Å². The van der Waals surface area contributed by atoms with Gasteiger partial charge in [0.2, 0.25) is 5.91 Å². The van der Waals surface area contributed by atoms with Crippen LogP contribution in [0.2, 0.25) is 0 Å². The molecule has 0 bridgehead atoms. The van der Waals surface area contributed by atoms with Crippen LogP contribution >= 0.6 is 15.9 Å². The number of carbonyl (C=O) groups is 2. The van der Waals surface area contributed by atoms with Gasteiger partial charge in [-0.15, -0.1) is 0 Å². The summed E-state index contributed by atoms with van der Waals surface area (Å²) >= 11 is 3.35. The fourth-order valence-electron chi connectivity index (χ4n) is 1.69. The fraction of sp³-hybridized carbons (Fsp3) is 0.429. The van der Waals surface area contributed by atoms with Gasteiger partial charge in [-0.1, -0.05) is 34.1 Å². The van der Waals surface area contributed by atoms with Crippen LogP contribution in [0.4, 0.5) is 0 Å². The second kappa shape index (κ2) is 7.40. The van der Waals surface area contributed by atoms with E-state index in [2.05, 4.69) is 21.2 Å². The third-order valence-corrected chi connectivity index (χ3v) is 3.14. The Morgan fingerprint density at radius 1 is 1.26 bits per heavy atom. The van der Waals surface area contributed by atoms with Crippen molar-refractivity contribution in [1.29, 1.82) is 0 Å². The molecule has 0 aromatic heterocycles. The lowest BCUT2D eigenvalue weighted by Crippen LogP contribution is -2.40. The maximum atomic E-state index is 12.1. The number of hydrogen-bond donors (Lipinski definition) is 1. The summed E-state index contributed by atoms with van der Waals surface area (Å²) in [5, 5.41) is 2.80. The Bertz CT molecular complexity index is 461. The minimum Gasteiger partial charge on any atom is -0.353 e. The number of likely N-dealkylation sites (N-methyl/N-ethyl adjacent to an activating group) is 1. The van der Waals surface area contributed by atoms with E-state index >= 15 is 0 Å². The standard InChI is InChI=1S/C14H19BrN2O2/c1-10(2)16-14(19)9-17(3)8-13(18)11-6-4-5-7-12(11)15/h4-7,10H,8-9H2,1-3H3,(H,16,19). The maximum absolute atomic E-state index is 12.1. The molecule has 0 unspecified atom stereocenters. The van der Waals surface area contributed by atoms with E-state index in [1.807, 2.05) is 32.0 Å². The van der Waals surface area contributed by atoms with Crippen molar-refractivity contribution in [1.82, 2.24) is 10.2 Å². The molecule has 0 heterocycles. The van der Waals surface area contributed by atoms with Gasteiger partial charge >= 0.3 is 0 Å². The number of carbonyl (C=O) groups excluding carboxylic acids is 2. The molecule has 1 aromatic carbocycles. The Morgan fingerprint density at radius 3 is 2.47 bits per heavy atom. The van der Waals surface area contributed by atoms with Gasteiger partial charge in [0.1, 0.15) is 0 Å². The number of benzene rings is 1. The third-order valence-electron chi connectivity index (χ3n) is 2.45. The van der Waals surface area contributed by atoms with Crippen molar-refractivity contribution in [2.24, 2.45) is 0 Å². The maximum Gasteiger partial charge on any atom is 0.234 e. The van der Waals surface area contributed by atoms with Crippen molar-refractivity contribution < 1.29 is 9.59 Å². The van der Waals surface area contributed by atoms with Crippen molar-refractivity contribution in [3.63, 3.8) is 0 Å². The van der Waals surface area contributed by atoms with Crippen LogP contribution in [-0.2, 0) is 4.79 Å². The first-order valence-electron chi connectivity index (χ1n) is 6.15. The molecule has 0 saturated heterocycles. The lowest BCUT2D eigenvalue weighted by molar-refractivity contribution is -0.122. The molecule has 0 spiro atoms. The van der Waals surface area contributed by atoms with Gasteiger partial charge in [-0.2, -0.15) is 0 Å². The molecular formula is C14H19BrN2O2. The average molecular weight is 327 g/mol. The minimum atomic E-state index is -0.0718. The molecule has 0 aliphatic rings. The Balaban J connectivity index is 2.53. The van der Waals surface area contributed by atoms with Crippen molar-refractivity contribution in [2.45, 2.75) is 19.9 Å². The molecule has 0 saturated carbocycles. The van der Waals surface area contributed by atoms with Gasteiger partial charge in [-0.25, -0.2) is 0 Å². The lowest BCUT2D eigenvalue weighted by Gasteiger charge is -2.17. The van der Waals surface area contributed by atoms with Crippen LogP contribution in [0.5, 0.6) is 0 Å². The summed E-state index contributed by atoms with van der Waals surface area (Å²) in [6.07, 6.45) is 0. The molecule has 1 N–H and O–H groups in total. The summed E-state index contributed by atoms with van der Waals surface area (Å²) in [6.45, 7) is 4.25. The molecule has 0 radical (unpaired) electrons. The topological polar surface area (TPSA) is 49.4 Å². The molecule has 19 heavy (non-hydrogen) atoms. The first-order valence-corrected chi connectivity index (χ1v) is 6.95. The van der Waals surface area contributed by atoms with Crippen LogP contribution in [0.15, 0.2) is 28.7 Å². The van der Waals surface area contributed by atoms with Crippen LogP contribution < -0.4 is 5.32 Å². The minimum absolute atomic E-state index is 0.00711. The molecule has 1 aromatic rings. The van der Waals surface area contributed by atoms with E-state index < -0.39 is 0 Å². The van der Waals surface area contributed by atoms with E-state index in [1.165, 1.54) is 0 Å². The second-order valence-electron chi connectivity index (χ2n) is 4.80. The number of nitrogens with zero attached hydrogens (tertiary/aromatic N) is 1. The Morgan fingerprint density at radius 2 is 1.89 bits per heavy atom. The van der Waals surface area contributed by atoms with E-state index in [0.717, 1.165) is 4.47 Å². The van der Waals surface area contributed by atoms with Crippen molar-refractivity contribution in [3.05, 3.63) is 34.3 Å². The van der Waals surface area contributed by atoms with Gasteiger partial charge in [0.25, 0.3) is 0 Å². The Hall–Kier alpha value is -1.20. The predicted molar refractivity (Wildman–Crippen MR) is 79.2 cm³/mol. The zero-order valence-corrected chi connectivity index (χ0v) is 13.0. The van der Waals surface area contributed by atoms with Crippen LogP contribution in [0.3, 0.4) is 0 Å². The van der Waals surface area contributed by atoms with Gasteiger partial charge in [0.05, 0.1) is 13.1 Å². The number of ketones is 1. The normalized spacial score (nSPS) is 10.8. The predicted octanol–water partition coefficient (Wildman–Crippen LogP) is 2.09. The van der Waals surface area contributed by atoms with Crippen molar-refractivity contribution >= 4 is 27.6 Å².